The van der Waals surface area contributed by atoms with E-state index in [0.717, 1.165) is 29.6 Å². The number of fused-ring (bicyclic) bond motifs is 1. The maximum Gasteiger partial charge on any atom is 0.220 e. The topological polar surface area (TPSA) is 57.8 Å². The monoisotopic (exact) mass is 275 g/mol. The molecule has 0 aromatic carbocycles. The van der Waals surface area contributed by atoms with Gasteiger partial charge in [-0.2, -0.15) is 5.10 Å². The van der Waals surface area contributed by atoms with E-state index >= 15 is 0 Å². The maximum atomic E-state index is 12.2. The Morgan fingerprint density at radius 3 is 2.90 bits per heavy atom. The van der Waals surface area contributed by atoms with Crippen molar-refractivity contribution in [3.63, 3.8) is 0 Å². The zero-order valence-electron chi connectivity index (χ0n) is 12.5. The molecule has 0 bridgehead atoms. The number of hydrogen-bond acceptors (Lipinski definition) is 2. The van der Waals surface area contributed by atoms with Crippen molar-refractivity contribution in [2.75, 3.05) is 0 Å². The fraction of sp³-hybridized carbons (Fsp3) is 0.750. The number of carbonyl (C=O) groups excluding carboxylic acids is 1. The molecule has 1 heterocycles. The van der Waals surface area contributed by atoms with E-state index in [1.165, 1.54) is 37.7 Å². The van der Waals surface area contributed by atoms with Crippen molar-refractivity contribution in [1.29, 1.82) is 0 Å². The largest absolute Gasteiger partial charge is 0.353 e. The number of aromatic nitrogens is 2. The molecule has 0 aliphatic heterocycles. The molecule has 0 spiro atoms. The van der Waals surface area contributed by atoms with Gasteiger partial charge in [-0.3, -0.25) is 9.89 Å². The van der Waals surface area contributed by atoms with Gasteiger partial charge in [0.05, 0.1) is 5.69 Å². The summed E-state index contributed by atoms with van der Waals surface area (Å²) >= 11 is 0. The smallest absolute Gasteiger partial charge is 0.220 e. The second-order valence-electron chi connectivity index (χ2n) is 6.52. The molecule has 110 valence electrons. The summed E-state index contributed by atoms with van der Waals surface area (Å²) in [6, 6.07) is 0.446. The van der Waals surface area contributed by atoms with Gasteiger partial charge in [-0.15, -0.1) is 0 Å². The molecule has 1 amide bonds. The summed E-state index contributed by atoms with van der Waals surface area (Å²) in [4.78, 5) is 12.2. The summed E-state index contributed by atoms with van der Waals surface area (Å²) in [5, 5.41) is 10.4. The Balaban J connectivity index is 1.50. The predicted molar refractivity (Wildman–Crippen MR) is 78.4 cm³/mol. The molecular formula is C16H25N3O. The Bertz CT molecular complexity index is 474. The van der Waals surface area contributed by atoms with E-state index in [4.69, 9.17) is 0 Å². The van der Waals surface area contributed by atoms with E-state index in [1.54, 1.807) is 0 Å². The van der Waals surface area contributed by atoms with Crippen molar-refractivity contribution >= 4 is 5.91 Å². The molecule has 0 saturated heterocycles. The van der Waals surface area contributed by atoms with Crippen LogP contribution in [0, 0.1) is 25.7 Å². The average molecular weight is 275 g/mol. The standard InChI is InChI=1S/C16H25N3O/c1-10-13(11(2)19-18-10)7-9-16(20)17-15-8-6-12-4-3-5-14(12)15/h12,14-15H,3-9H2,1-2H3,(H,17,20)(H,18,19)/t12-,14-,15-/m0/s1. The summed E-state index contributed by atoms with van der Waals surface area (Å²) in [6.07, 6.45) is 7.92. The Kier molecular flexibility index (Phi) is 3.81. The van der Waals surface area contributed by atoms with Crippen LogP contribution in [0.25, 0.3) is 0 Å². The summed E-state index contributed by atoms with van der Waals surface area (Å²) in [6.45, 7) is 4.02. The highest BCUT2D eigenvalue weighted by molar-refractivity contribution is 5.76. The summed E-state index contributed by atoms with van der Waals surface area (Å²) in [7, 11) is 0. The van der Waals surface area contributed by atoms with Crippen molar-refractivity contribution in [3.05, 3.63) is 17.0 Å². The minimum atomic E-state index is 0.211. The van der Waals surface area contributed by atoms with Gasteiger partial charge in [-0.05, 0) is 56.9 Å². The number of nitrogens with zero attached hydrogens (tertiary/aromatic N) is 1. The zero-order chi connectivity index (χ0) is 14.1. The molecule has 2 aliphatic rings. The molecule has 4 heteroatoms. The van der Waals surface area contributed by atoms with Crippen LogP contribution in [0.5, 0.6) is 0 Å². The van der Waals surface area contributed by atoms with Gasteiger partial charge in [0.1, 0.15) is 0 Å². The van der Waals surface area contributed by atoms with E-state index in [2.05, 4.69) is 15.5 Å². The number of carbonyl (C=O) groups is 1. The lowest BCUT2D eigenvalue weighted by molar-refractivity contribution is -0.122. The first-order chi connectivity index (χ1) is 9.65. The lowest BCUT2D eigenvalue weighted by Gasteiger charge is -2.20. The third-order valence-electron chi connectivity index (χ3n) is 5.31. The van der Waals surface area contributed by atoms with Gasteiger partial charge >= 0.3 is 0 Å². The summed E-state index contributed by atoms with van der Waals surface area (Å²) < 4.78 is 0. The number of aryl methyl sites for hydroxylation is 2. The van der Waals surface area contributed by atoms with Gasteiger partial charge in [0, 0.05) is 18.2 Å². The number of hydrogen-bond donors (Lipinski definition) is 2. The number of H-pyrrole nitrogens is 1. The Hall–Kier alpha value is -1.32. The van der Waals surface area contributed by atoms with Crippen molar-refractivity contribution < 1.29 is 4.79 Å². The lowest BCUT2D eigenvalue weighted by Crippen LogP contribution is -2.37. The van der Waals surface area contributed by atoms with E-state index < -0.39 is 0 Å². The first-order valence-corrected chi connectivity index (χ1v) is 7.95. The Labute approximate surface area is 120 Å². The first kappa shape index (κ1) is 13.7. The molecule has 0 radical (unpaired) electrons. The van der Waals surface area contributed by atoms with Crippen LogP contribution in [0.1, 0.15) is 55.5 Å². The molecule has 2 fully saturated rings. The maximum absolute atomic E-state index is 12.2. The van der Waals surface area contributed by atoms with E-state index in [9.17, 15) is 4.79 Å². The van der Waals surface area contributed by atoms with E-state index in [-0.39, 0.29) is 5.91 Å². The van der Waals surface area contributed by atoms with Gasteiger partial charge in [0.2, 0.25) is 5.91 Å². The number of amides is 1. The molecule has 2 saturated carbocycles. The van der Waals surface area contributed by atoms with Crippen LogP contribution in [0.15, 0.2) is 0 Å². The van der Waals surface area contributed by atoms with Gasteiger partial charge < -0.3 is 5.32 Å². The summed E-state index contributed by atoms with van der Waals surface area (Å²) in [5.74, 6) is 1.86. The van der Waals surface area contributed by atoms with Gasteiger partial charge in [-0.25, -0.2) is 0 Å². The van der Waals surface area contributed by atoms with Crippen molar-refractivity contribution in [2.24, 2.45) is 11.8 Å². The van der Waals surface area contributed by atoms with Crippen LogP contribution in [-0.2, 0) is 11.2 Å². The molecule has 1 aromatic rings. The first-order valence-electron chi connectivity index (χ1n) is 7.95. The average Bonchev–Trinajstić information content (AvgIpc) is 3.08. The molecule has 20 heavy (non-hydrogen) atoms. The van der Waals surface area contributed by atoms with Gasteiger partial charge in [-0.1, -0.05) is 12.8 Å². The van der Waals surface area contributed by atoms with Crippen LogP contribution in [0.3, 0.4) is 0 Å². The van der Waals surface area contributed by atoms with Crippen LogP contribution in [0.2, 0.25) is 0 Å². The molecule has 1 aromatic heterocycles. The van der Waals surface area contributed by atoms with Crippen molar-refractivity contribution in [1.82, 2.24) is 15.5 Å². The summed E-state index contributed by atoms with van der Waals surface area (Å²) in [5.41, 5.74) is 3.31. The predicted octanol–water partition coefficient (Wildman–Crippen LogP) is 2.65. The number of nitrogens with one attached hydrogen (secondary N) is 2. The second kappa shape index (κ2) is 5.58. The molecule has 3 atom stereocenters. The molecular weight excluding hydrogens is 250 g/mol. The van der Waals surface area contributed by atoms with E-state index in [1.807, 2.05) is 13.8 Å². The zero-order valence-corrected chi connectivity index (χ0v) is 12.5. The molecule has 0 unspecified atom stereocenters. The van der Waals surface area contributed by atoms with E-state index in [0.29, 0.717) is 12.5 Å². The normalized spacial score (nSPS) is 28.6. The van der Waals surface area contributed by atoms with Crippen molar-refractivity contribution in [3.8, 4) is 0 Å². The van der Waals surface area contributed by atoms with Crippen LogP contribution >= 0.6 is 0 Å². The minimum absolute atomic E-state index is 0.211. The van der Waals surface area contributed by atoms with Gasteiger partial charge in [0.15, 0.2) is 0 Å². The SMILES string of the molecule is Cc1n[nH]c(C)c1CCC(=O)N[C@H]1CC[C@@H]2CCC[C@@H]21. The van der Waals surface area contributed by atoms with Gasteiger partial charge in [0.25, 0.3) is 0 Å². The molecule has 3 rings (SSSR count). The Morgan fingerprint density at radius 2 is 2.15 bits per heavy atom. The highest BCUT2D eigenvalue weighted by Crippen LogP contribution is 2.43. The van der Waals surface area contributed by atoms with Crippen LogP contribution in [0.4, 0.5) is 0 Å². The third kappa shape index (κ3) is 2.60. The minimum Gasteiger partial charge on any atom is -0.353 e. The Morgan fingerprint density at radius 1 is 1.30 bits per heavy atom. The fourth-order valence-corrected chi connectivity index (χ4v) is 4.20. The third-order valence-corrected chi connectivity index (χ3v) is 5.31. The molecule has 2 N–H and O–H groups in total. The lowest BCUT2D eigenvalue weighted by atomic mass is 9.97. The van der Waals surface area contributed by atoms with Crippen LogP contribution in [-0.4, -0.2) is 22.1 Å². The van der Waals surface area contributed by atoms with Crippen LogP contribution < -0.4 is 5.32 Å². The number of rotatable bonds is 4. The highest BCUT2D eigenvalue weighted by atomic mass is 16.1. The second-order valence-corrected chi connectivity index (χ2v) is 6.52. The highest BCUT2D eigenvalue weighted by Gasteiger charge is 2.39. The fourth-order valence-electron chi connectivity index (χ4n) is 4.20. The quantitative estimate of drug-likeness (QED) is 0.887. The molecule has 2 aliphatic carbocycles. The number of aromatic amines is 1. The van der Waals surface area contributed by atoms with Crippen molar-refractivity contribution in [2.45, 2.75) is 64.8 Å². The molecule has 4 nitrogen and oxygen atoms in total.